The second-order valence-electron chi connectivity index (χ2n) is 11.1. The molecule has 0 saturated carbocycles. The molecule has 0 radical (unpaired) electrons. The van der Waals surface area contributed by atoms with Crippen LogP contribution in [0.2, 0.25) is 0 Å². The Kier molecular flexibility index (Phi) is 8.69. The van der Waals surface area contributed by atoms with E-state index in [9.17, 15) is 19.2 Å². The highest BCUT2D eigenvalue weighted by Crippen LogP contribution is 2.28. The summed E-state index contributed by atoms with van der Waals surface area (Å²) >= 11 is 0. The van der Waals surface area contributed by atoms with Gasteiger partial charge in [0, 0.05) is 24.3 Å². The minimum Gasteiger partial charge on any atom is -0.456 e. The van der Waals surface area contributed by atoms with E-state index in [1.807, 2.05) is 43.3 Å². The molecule has 0 unspecified atom stereocenters. The molecule has 1 fully saturated rings. The number of carbonyl (C=O) groups is 4. The van der Waals surface area contributed by atoms with E-state index in [4.69, 9.17) is 14.2 Å². The van der Waals surface area contributed by atoms with E-state index in [0.717, 1.165) is 21.9 Å². The van der Waals surface area contributed by atoms with Crippen molar-refractivity contribution in [3.05, 3.63) is 71.8 Å². The fourth-order valence-electron chi connectivity index (χ4n) is 4.82. The van der Waals surface area contributed by atoms with Gasteiger partial charge in [0.2, 0.25) is 0 Å². The molecule has 1 aliphatic heterocycles. The van der Waals surface area contributed by atoms with Gasteiger partial charge in [0.1, 0.15) is 18.2 Å². The fraction of sp³-hybridized carbons (Fsp3) is 0.375. The molecule has 8 nitrogen and oxygen atoms in total. The number of likely N-dealkylation sites (tertiary alicyclic amines) is 1. The van der Waals surface area contributed by atoms with Crippen molar-refractivity contribution in [3.63, 3.8) is 0 Å². The van der Waals surface area contributed by atoms with Gasteiger partial charge in [-0.25, -0.2) is 9.59 Å². The van der Waals surface area contributed by atoms with Gasteiger partial charge in [-0.05, 0) is 74.6 Å². The number of methoxy groups -OCH3 is 1. The first kappa shape index (κ1) is 29.0. The summed E-state index contributed by atoms with van der Waals surface area (Å²) in [4.78, 5) is 51.8. The van der Waals surface area contributed by atoms with Crippen LogP contribution in [0.5, 0.6) is 0 Å². The van der Waals surface area contributed by atoms with E-state index in [0.29, 0.717) is 24.0 Å². The van der Waals surface area contributed by atoms with Gasteiger partial charge < -0.3 is 14.2 Å². The molecule has 1 amide bonds. The Labute approximate surface area is 234 Å². The lowest BCUT2D eigenvalue weighted by atomic mass is 9.98. The Morgan fingerprint density at radius 1 is 0.800 bits per heavy atom. The molecule has 1 saturated heterocycles. The number of benzene rings is 3. The quantitative estimate of drug-likeness (QED) is 0.259. The largest absolute Gasteiger partial charge is 0.456 e. The number of hydrogen-bond donors (Lipinski definition) is 0. The van der Waals surface area contributed by atoms with Crippen molar-refractivity contribution in [1.29, 1.82) is 0 Å². The molecule has 1 aliphatic rings. The normalized spacial score (nSPS) is 17.1. The minimum absolute atomic E-state index is 0.0416. The highest BCUT2D eigenvalue weighted by molar-refractivity contribution is 6.02. The van der Waals surface area contributed by atoms with Gasteiger partial charge in [0.25, 0.3) is 0 Å². The van der Waals surface area contributed by atoms with Crippen LogP contribution in [0.25, 0.3) is 21.9 Å². The van der Waals surface area contributed by atoms with Gasteiger partial charge in [0.15, 0.2) is 18.2 Å². The third kappa shape index (κ3) is 6.74. The maximum absolute atomic E-state index is 12.9. The van der Waals surface area contributed by atoms with E-state index in [-0.39, 0.29) is 24.2 Å². The Hall–Kier alpha value is -4.04. The van der Waals surface area contributed by atoms with Crippen LogP contribution in [0.1, 0.15) is 61.3 Å². The summed E-state index contributed by atoms with van der Waals surface area (Å²) in [6.45, 7) is 6.80. The van der Waals surface area contributed by atoms with Crippen molar-refractivity contribution in [1.82, 2.24) is 4.90 Å². The van der Waals surface area contributed by atoms with E-state index in [2.05, 4.69) is 0 Å². The molecule has 0 N–H and O–H groups in total. The summed E-state index contributed by atoms with van der Waals surface area (Å²) in [5.74, 6) is -1.01. The third-order valence-corrected chi connectivity index (χ3v) is 6.87. The predicted octanol–water partition coefficient (Wildman–Crippen LogP) is 5.85. The zero-order chi connectivity index (χ0) is 29.0. The number of fused-ring (bicyclic) bond motifs is 1. The smallest absolute Gasteiger partial charge is 0.411 e. The van der Waals surface area contributed by atoms with Gasteiger partial charge in [-0.3, -0.25) is 14.5 Å². The molecule has 4 rings (SSSR count). The number of nitrogens with zero attached hydrogens (tertiary/aromatic N) is 1. The van der Waals surface area contributed by atoms with Gasteiger partial charge >= 0.3 is 12.1 Å². The van der Waals surface area contributed by atoms with Crippen LogP contribution < -0.4 is 0 Å². The summed E-state index contributed by atoms with van der Waals surface area (Å²) in [7, 11) is 1.49. The monoisotopic (exact) mass is 545 g/mol. The first-order chi connectivity index (χ1) is 19.0. The molecule has 1 heterocycles. The van der Waals surface area contributed by atoms with Gasteiger partial charge in [-0.1, -0.05) is 48.5 Å². The molecule has 0 bridgehead atoms. The van der Waals surface area contributed by atoms with Crippen molar-refractivity contribution < 1.29 is 33.4 Å². The first-order valence-corrected chi connectivity index (χ1v) is 13.3. The Balaban J connectivity index is 1.40. The number of ether oxygens (including phenoxy) is 3. The molecule has 8 heteroatoms. The van der Waals surface area contributed by atoms with E-state index in [1.165, 1.54) is 12.0 Å². The zero-order valence-electron chi connectivity index (χ0n) is 23.6. The number of carbonyl (C=O) groups excluding carboxylic acids is 4. The first-order valence-electron chi connectivity index (χ1n) is 13.3. The maximum atomic E-state index is 12.9. The Morgan fingerprint density at radius 2 is 1.40 bits per heavy atom. The third-order valence-electron chi connectivity index (χ3n) is 6.87. The van der Waals surface area contributed by atoms with E-state index in [1.54, 1.807) is 45.0 Å². The van der Waals surface area contributed by atoms with Gasteiger partial charge in [-0.15, -0.1) is 0 Å². The number of rotatable bonds is 8. The predicted molar refractivity (Wildman–Crippen MR) is 151 cm³/mol. The number of amides is 1. The lowest BCUT2D eigenvalue weighted by molar-refractivity contribution is -0.148. The van der Waals surface area contributed by atoms with Crippen LogP contribution in [0, 0.1) is 0 Å². The van der Waals surface area contributed by atoms with Crippen LogP contribution in [0.3, 0.4) is 0 Å². The molecular weight excluding hydrogens is 510 g/mol. The lowest BCUT2D eigenvalue weighted by Gasteiger charge is -2.30. The van der Waals surface area contributed by atoms with Crippen molar-refractivity contribution in [2.24, 2.45) is 0 Å². The van der Waals surface area contributed by atoms with Crippen LogP contribution in [-0.2, 0) is 19.0 Å². The molecule has 40 heavy (non-hydrogen) atoms. The van der Waals surface area contributed by atoms with Crippen molar-refractivity contribution in [2.75, 3.05) is 20.3 Å². The Bertz CT molecular complexity index is 1420. The number of ketones is 2. The van der Waals surface area contributed by atoms with Crippen LogP contribution in [0.4, 0.5) is 4.79 Å². The standard InChI is InChI=1S/C32H35NO7/c1-20-6-15-27(33(20)31(37)40-32(2,3)4)30(36)39-19-29(35)26-14-13-24-16-23(11-12-25(24)17-26)21-7-9-22(10-8-21)28(34)18-38-5/h7-14,16-17,20,27H,6,15,18-19H2,1-5H3/t20-,27-/m0/s1. The minimum atomic E-state index is -0.778. The zero-order valence-corrected chi connectivity index (χ0v) is 23.6. The summed E-state index contributed by atoms with van der Waals surface area (Å²) in [5, 5.41) is 1.81. The van der Waals surface area contributed by atoms with Crippen molar-refractivity contribution in [2.45, 2.75) is 58.2 Å². The molecule has 210 valence electrons. The SMILES string of the molecule is COCC(=O)c1ccc(-c2ccc3cc(C(=O)COC(=O)[C@@H]4CC[C@H](C)N4C(=O)OC(C)(C)C)ccc3c2)cc1. The van der Waals surface area contributed by atoms with E-state index < -0.39 is 30.3 Å². The number of esters is 1. The topological polar surface area (TPSA) is 99.2 Å². The van der Waals surface area contributed by atoms with Crippen molar-refractivity contribution >= 4 is 34.4 Å². The summed E-state index contributed by atoms with van der Waals surface area (Å²) < 4.78 is 15.7. The van der Waals surface area contributed by atoms with Crippen LogP contribution in [-0.4, -0.2) is 66.5 Å². The average Bonchev–Trinajstić information content (AvgIpc) is 3.31. The Morgan fingerprint density at radius 3 is 2.08 bits per heavy atom. The highest BCUT2D eigenvalue weighted by atomic mass is 16.6. The van der Waals surface area contributed by atoms with Crippen molar-refractivity contribution in [3.8, 4) is 11.1 Å². The molecule has 2 atom stereocenters. The molecule has 3 aromatic carbocycles. The second-order valence-corrected chi connectivity index (χ2v) is 11.1. The van der Waals surface area contributed by atoms with Gasteiger partial charge in [0.05, 0.1) is 0 Å². The van der Waals surface area contributed by atoms with Gasteiger partial charge in [-0.2, -0.15) is 0 Å². The molecule has 0 aliphatic carbocycles. The van der Waals surface area contributed by atoms with E-state index >= 15 is 0 Å². The fourth-order valence-corrected chi connectivity index (χ4v) is 4.82. The highest BCUT2D eigenvalue weighted by Gasteiger charge is 2.42. The molecule has 3 aromatic rings. The molecule has 0 aromatic heterocycles. The summed E-state index contributed by atoms with van der Waals surface area (Å²) in [5.41, 5.74) is 2.28. The van der Waals surface area contributed by atoms with Crippen LogP contribution in [0.15, 0.2) is 60.7 Å². The number of Topliss-reactive ketones (excluding diaryl/α,β-unsaturated/α-hetero) is 2. The molecule has 0 spiro atoms. The van der Waals surface area contributed by atoms with Crippen LogP contribution >= 0.6 is 0 Å². The second kappa shape index (κ2) is 12.0. The molecular formula is C32H35NO7. The summed E-state index contributed by atoms with van der Waals surface area (Å²) in [6.07, 6.45) is 0.545. The lowest BCUT2D eigenvalue weighted by Crippen LogP contribution is -2.47. The maximum Gasteiger partial charge on any atom is 0.411 e. The average molecular weight is 546 g/mol. The number of hydrogen-bond acceptors (Lipinski definition) is 7. The summed E-state index contributed by atoms with van der Waals surface area (Å²) in [6, 6.07) is 17.6.